The first-order chi connectivity index (χ1) is 7.84. The summed E-state index contributed by atoms with van der Waals surface area (Å²) in [6.07, 6.45) is -5.00. The van der Waals surface area contributed by atoms with Gasteiger partial charge in [-0.25, -0.2) is 4.39 Å². The molecule has 0 aliphatic heterocycles. The highest BCUT2D eigenvalue weighted by Gasteiger charge is 2.56. The lowest BCUT2D eigenvalue weighted by Crippen LogP contribution is -2.32. The molecule has 0 amide bonds. The van der Waals surface area contributed by atoms with Crippen molar-refractivity contribution in [3.8, 4) is 0 Å². The Labute approximate surface area is 103 Å². The molecule has 0 bridgehead atoms. The summed E-state index contributed by atoms with van der Waals surface area (Å²) < 4.78 is 48.2. The SMILES string of the molecule is FC(F)(F)C(F)(Br)c1cccc2ccccc12. The first-order valence-corrected chi connectivity index (χ1v) is 5.56. The van der Waals surface area contributed by atoms with E-state index in [-0.39, 0.29) is 5.39 Å². The molecule has 90 valence electrons. The van der Waals surface area contributed by atoms with E-state index in [2.05, 4.69) is 15.9 Å². The van der Waals surface area contributed by atoms with Crippen molar-refractivity contribution in [3.63, 3.8) is 0 Å². The summed E-state index contributed by atoms with van der Waals surface area (Å²) in [5.41, 5.74) is -0.428. The van der Waals surface area contributed by atoms with Gasteiger partial charge in [-0.2, -0.15) is 13.2 Å². The van der Waals surface area contributed by atoms with Crippen LogP contribution in [0.4, 0.5) is 17.6 Å². The number of halogens is 5. The Balaban J connectivity index is 2.72. The maximum Gasteiger partial charge on any atom is 0.437 e. The Morgan fingerprint density at radius 1 is 0.824 bits per heavy atom. The highest BCUT2D eigenvalue weighted by Crippen LogP contribution is 2.49. The van der Waals surface area contributed by atoms with E-state index < -0.39 is 16.3 Å². The molecule has 0 aliphatic rings. The van der Waals surface area contributed by atoms with Crippen molar-refractivity contribution < 1.29 is 17.6 Å². The Hall–Kier alpha value is -1.10. The molecule has 0 N–H and O–H groups in total. The number of hydrogen-bond donors (Lipinski definition) is 0. The van der Waals surface area contributed by atoms with Crippen LogP contribution in [0.15, 0.2) is 42.5 Å². The second kappa shape index (κ2) is 3.98. The first-order valence-electron chi connectivity index (χ1n) is 4.77. The van der Waals surface area contributed by atoms with Gasteiger partial charge in [0.25, 0.3) is 4.58 Å². The van der Waals surface area contributed by atoms with Crippen LogP contribution in [0.25, 0.3) is 10.8 Å². The Bertz CT molecular complexity index is 540. The molecule has 0 saturated heterocycles. The third kappa shape index (κ3) is 2.04. The molecular formula is C12H7BrF4. The first kappa shape index (κ1) is 12.4. The predicted octanol–water partition coefficient (Wildman–Crippen LogP) is 4.92. The number of alkyl halides is 5. The van der Waals surface area contributed by atoms with Gasteiger partial charge in [0.1, 0.15) is 0 Å². The fraction of sp³-hybridized carbons (Fsp3) is 0.167. The lowest BCUT2D eigenvalue weighted by Gasteiger charge is -2.23. The summed E-state index contributed by atoms with van der Waals surface area (Å²) in [4.78, 5) is 0. The van der Waals surface area contributed by atoms with Gasteiger partial charge in [-0.1, -0.05) is 42.5 Å². The molecule has 2 rings (SSSR count). The standard InChI is InChI=1S/C12H7BrF4/c13-11(14,12(15,16)17)10-7-3-5-8-4-1-2-6-9(8)10/h1-7H. The van der Waals surface area contributed by atoms with Crippen LogP contribution in [0.1, 0.15) is 5.56 Å². The minimum absolute atomic E-state index is 0.242. The van der Waals surface area contributed by atoms with Crippen molar-refractivity contribution in [2.75, 3.05) is 0 Å². The average molecular weight is 307 g/mol. The Morgan fingerprint density at radius 3 is 2.06 bits per heavy atom. The lowest BCUT2D eigenvalue weighted by molar-refractivity contribution is -0.195. The molecule has 0 aromatic heterocycles. The molecule has 0 spiro atoms. The van der Waals surface area contributed by atoms with Crippen LogP contribution in [0.5, 0.6) is 0 Å². The van der Waals surface area contributed by atoms with Crippen molar-refractivity contribution in [1.29, 1.82) is 0 Å². The maximum atomic E-state index is 13.9. The number of benzene rings is 2. The van der Waals surface area contributed by atoms with Crippen LogP contribution in [0.3, 0.4) is 0 Å². The fourth-order valence-corrected chi connectivity index (χ4v) is 2.00. The zero-order chi connectivity index (χ0) is 12.7. The number of hydrogen-bond acceptors (Lipinski definition) is 0. The van der Waals surface area contributed by atoms with Crippen LogP contribution in [0.2, 0.25) is 0 Å². The van der Waals surface area contributed by atoms with Crippen molar-refractivity contribution in [3.05, 3.63) is 48.0 Å². The van der Waals surface area contributed by atoms with E-state index in [0.717, 1.165) is 6.07 Å². The van der Waals surface area contributed by atoms with Gasteiger partial charge in [-0.15, -0.1) is 0 Å². The molecule has 2 aromatic carbocycles. The van der Waals surface area contributed by atoms with Crippen LogP contribution in [-0.4, -0.2) is 6.18 Å². The summed E-state index contributed by atoms with van der Waals surface area (Å²) in [7, 11) is 0. The minimum atomic E-state index is -5.00. The maximum absolute atomic E-state index is 13.9. The summed E-state index contributed by atoms with van der Waals surface area (Å²) in [6.45, 7) is 0. The summed E-state index contributed by atoms with van der Waals surface area (Å²) in [6, 6.07) is 10.5. The molecule has 1 atom stereocenters. The van der Waals surface area contributed by atoms with Gasteiger partial charge < -0.3 is 0 Å². The molecular weight excluding hydrogens is 300 g/mol. The molecule has 5 heteroatoms. The van der Waals surface area contributed by atoms with Crippen LogP contribution in [0, 0.1) is 0 Å². The fourth-order valence-electron chi connectivity index (χ4n) is 1.65. The van der Waals surface area contributed by atoms with Gasteiger partial charge in [0.05, 0.1) is 0 Å². The van der Waals surface area contributed by atoms with Crippen molar-refractivity contribution in [2.45, 2.75) is 10.8 Å². The van der Waals surface area contributed by atoms with E-state index in [4.69, 9.17) is 0 Å². The number of rotatable bonds is 1. The van der Waals surface area contributed by atoms with E-state index >= 15 is 0 Å². The van der Waals surface area contributed by atoms with E-state index in [1.165, 1.54) is 12.1 Å². The van der Waals surface area contributed by atoms with E-state index in [1.807, 2.05) is 0 Å². The minimum Gasteiger partial charge on any atom is -0.216 e. The van der Waals surface area contributed by atoms with Gasteiger partial charge in [-0.05, 0) is 26.7 Å². The van der Waals surface area contributed by atoms with Gasteiger partial charge >= 0.3 is 6.18 Å². The quantitative estimate of drug-likeness (QED) is 0.518. The molecule has 0 saturated carbocycles. The molecule has 17 heavy (non-hydrogen) atoms. The zero-order valence-electron chi connectivity index (χ0n) is 8.43. The smallest absolute Gasteiger partial charge is 0.216 e. The van der Waals surface area contributed by atoms with Crippen LogP contribution >= 0.6 is 15.9 Å². The average Bonchev–Trinajstić information content (AvgIpc) is 2.26. The highest BCUT2D eigenvalue weighted by molar-refractivity contribution is 9.09. The largest absolute Gasteiger partial charge is 0.437 e. The normalized spacial score (nSPS) is 15.8. The molecule has 0 aliphatic carbocycles. The van der Waals surface area contributed by atoms with E-state index in [9.17, 15) is 17.6 Å². The molecule has 0 nitrogen and oxygen atoms in total. The monoisotopic (exact) mass is 306 g/mol. The molecule has 0 heterocycles. The summed E-state index contributed by atoms with van der Waals surface area (Å²) in [5.74, 6) is 0. The molecule has 1 unspecified atom stereocenters. The zero-order valence-corrected chi connectivity index (χ0v) is 10.0. The van der Waals surface area contributed by atoms with Crippen molar-refractivity contribution >= 4 is 26.7 Å². The highest BCUT2D eigenvalue weighted by atomic mass is 79.9. The van der Waals surface area contributed by atoms with E-state index in [1.54, 1.807) is 24.3 Å². The molecule has 0 radical (unpaired) electrons. The van der Waals surface area contributed by atoms with Crippen molar-refractivity contribution in [1.82, 2.24) is 0 Å². The number of fused-ring (bicyclic) bond motifs is 1. The second-order valence-electron chi connectivity index (χ2n) is 3.60. The van der Waals surface area contributed by atoms with Crippen LogP contribution < -0.4 is 0 Å². The van der Waals surface area contributed by atoms with Gasteiger partial charge in [-0.3, -0.25) is 0 Å². The topological polar surface area (TPSA) is 0 Å². The summed E-state index contributed by atoms with van der Waals surface area (Å²) in [5, 5.41) is 0.808. The van der Waals surface area contributed by atoms with Gasteiger partial charge in [0.15, 0.2) is 0 Å². The Morgan fingerprint density at radius 2 is 1.41 bits per heavy atom. The summed E-state index contributed by atoms with van der Waals surface area (Å²) >= 11 is 2.14. The third-order valence-electron chi connectivity index (χ3n) is 2.48. The third-order valence-corrected chi connectivity index (χ3v) is 3.36. The van der Waals surface area contributed by atoms with E-state index in [0.29, 0.717) is 5.39 Å². The molecule has 2 aromatic rings. The van der Waals surface area contributed by atoms with Crippen LogP contribution in [-0.2, 0) is 4.58 Å². The lowest BCUT2D eigenvalue weighted by atomic mass is 10.0. The molecule has 0 fully saturated rings. The Kier molecular flexibility index (Phi) is 2.89. The van der Waals surface area contributed by atoms with Gasteiger partial charge in [0, 0.05) is 5.56 Å². The second-order valence-corrected chi connectivity index (χ2v) is 4.69. The van der Waals surface area contributed by atoms with Gasteiger partial charge in [0.2, 0.25) is 0 Å². The van der Waals surface area contributed by atoms with Crippen molar-refractivity contribution in [2.24, 2.45) is 0 Å². The predicted molar refractivity (Wildman–Crippen MR) is 61.7 cm³/mol.